The second-order valence-corrected chi connectivity index (χ2v) is 6.76. The van der Waals surface area contributed by atoms with Gasteiger partial charge in [-0.05, 0) is 38.1 Å². The molecule has 120 valence electrons. The fourth-order valence-electron chi connectivity index (χ4n) is 1.94. The number of hydrogen-bond donors (Lipinski definition) is 0. The smallest absolute Gasteiger partial charge is 0.248 e. The number of halogens is 1. The van der Waals surface area contributed by atoms with Crippen molar-refractivity contribution in [2.75, 3.05) is 20.2 Å². The van der Waals surface area contributed by atoms with Crippen LogP contribution in [0.4, 0.5) is 4.39 Å². The van der Waals surface area contributed by atoms with E-state index in [1.165, 1.54) is 35.6 Å². The van der Waals surface area contributed by atoms with Gasteiger partial charge in [0.25, 0.3) is 0 Å². The Bertz CT molecular complexity index is 721. The van der Waals surface area contributed by atoms with E-state index in [0.717, 1.165) is 0 Å². The van der Waals surface area contributed by atoms with E-state index in [1.54, 1.807) is 13.8 Å². The monoisotopic (exact) mass is 328 g/mol. The number of benzene rings is 1. The Morgan fingerprint density at radius 2 is 1.91 bits per heavy atom. The lowest BCUT2D eigenvalue weighted by Crippen LogP contribution is -2.31. The Hall–Kier alpha value is -1.93. The van der Waals surface area contributed by atoms with Crippen LogP contribution in [0.15, 0.2) is 33.7 Å². The van der Waals surface area contributed by atoms with Crippen molar-refractivity contribution in [3.8, 4) is 5.75 Å². The largest absolute Gasteiger partial charge is 0.492 e. The van der Waals surface area contributed by atoms with Crippen LogP contribution < -0.4 is 4.74 Å². The molecule has 8 heteroatoms. The summed E-state index contributed by atoms with van der Waals surface area (Å²) in [5.74, 6) is 0.374. The molecule has 22 heavy (non-hydrogen) atoms. The average molecular weight is 328 g/mol. The Morgan fingerprint density at radius 3 is 2.45 bits per heavy atom. The van der Waals surface area contributed by atoms with Crippen LogP contribution in [0.2, 0.25) is 0 Å². The summed E-state index contributed by atoms with van der Waals surface area (Å²) >= 11 is 0. The molecule has 0 saturated carbocycles. The van der Waals surface area contributed by atoms with E-state index in [2.05, 4.69) is 5.16 Å². The van der Waals surface area contributed by atoms with Gasteiger partial charge in [0.2, 0.25) is 10.0 Å². The Kier molecular flexibility index (Phi) is 4.82. The van der Waals surface area contributed by atoms with E-state index in [-0.39, 0.29) is 29.6 Å². The van der Waals surface area contributed by atoms with Crippen LogP contribution in [-0.4, -0.2) is 38.1 Å². The molecule has 0 saturated heterocycles. The van der Waals surface area contributed by atoms with E-state index < -0.39 is 10.0 Å². The Labute approximate surface area is 128 Å². The predicted molar refractivity (Wildman–Crippen MR) is 77.7 cm³/mol. The average Bonchev–Trinajstić information content (AvgIpc) is 2.80. The summed E-state index contributed by atoms with van der Waals surface area (Å²) in [7, 11) is -2.23. The first-order valence-electron chi connectivity index (χ1n) is 6.60. The summed E-state index contributed by atoms with van der Waals surface area (Å²) in [4.78, 5) is 0.0804. The molecule has 0 aliphatic heterocycles. The second-order valence-electron chi connectivity index (χ2n) is 4.78. The molecule has 0 bridgehead atoms. The molecule has 1 heterocycles. The van der Waals surface area contributed by atoms with Gasteiger partial charge in [-0.1, -0.05) is 5.16 Å². The Morgan fingerprint density at radius 1 is 1.27 bits per heavy atom. The summed E-state index contributed by atoms with van der Waals surface area (Å²) in [5, 5.41) is 3.65. The molecule has 0 spiro atoms. The molecule has 0 aliphatic rings. The molecule has 0 fully saturated rings. The van der Waals surface area contributed by atoms with Gasteiger partial charge in [0.05, 0.1) is 0 Å². The van der Waals surface area contributed by atoms with Crippen LogP contribution in [0.3, 0.4) is 0 Å². The highest BCUT2D eigenvalue weighted by Gasteiger charge is 2.28. The molecule has 6 nitrogen and oxygen atoms in total. The zero-order valence-corrected chi connectivity index (χ0v) is 13.4. The first-order chi connectivity index (χ1) is 10.3. The number of nitrogens with zero attached hydrogens (tertiary/aromatic N) is 2. The van der Waals surface area contributed by atoms with E-state index >= 15 is 0 Å². The minimum Gasteiger partial charge on any atom is -0.492 e. The normalized spacial score (nSPS) is 11.9. The number of likely N-dealkylation sites (N-methyl/N-ethyl adjacent to an activating group) is 1. The highest BCUT2D eigenvalue weighted by molar-refractivity contribution is 7.89. The van der Waals surface area contributed by atoms with Gasteiger partial charge in [-0.15, -0.1) is 0 Å². The highest BCUT2D eigenvalue weighted by Crippen LogP contribution is 2.22. The lowest BCUT2D eigenvalue weighted by molar-refractivity contribution is 0.286. The molecule has 0 amide bonds. The van der Waals surface area contributed by atoms with Crippen molar-refractivity contribution in [3.63, 3.8) is 0 Å². The molecule has 0 aliphatic carbocycles. The maximum atomic E-state index is 12.8. The van der Waals surface area contributed by atoms with Crippen molar-refractivity contribution in [2.24, 2.45) is 0 Å². The summed E-state index contributed by atoms with van der Waals surface area (Å²) in [5.41, 5.74) is 0.323. The predicted octanol–water partition coefficient (Wildman–Crippen LogP) is 2.13. The van der Waals surface area contributed by atoms with Crippen LogP contribution in [0, 0.1) is 19.7 Å². The van der Waals surface area contributed by atoms with Crippen LogP contribution >= 0.6 is 0 Å². The van der Waals surface area contributed by atoms with Crippen molar-refractivity contribution in [2.45, 2.75) is 18.7 Å². The number of hydrogen-bond acceptors (Lipinski definition) is 5. The maximum Gasteiger partial charge on any atom is 0.248 e. The summed E-state index contributed by atoms with van der Waals surface area (Å²) in [6, 6.07) is 5.52. The van der Waals surface area contributed by atoms with Gasteiger partial charge in [-0.2, -0.15) is 4.31 Å². The molecule has 0 unspecified atom stereocenters. The van der Waals surface area contributed by atoms with E-state index in [0.29, 0.717) is 11.4 Å². The second kappa shape index (κ2) is 6.45. The van der Waals surface area contributed by atoms with Gasteiger partial charge in [0.15, 0.2) is 5.76 Å². The number of sulfonamides is 1. The van der Waals surface area contributed by atoms with Gasteiger partial charge < -0.3 is 9.26 Å². The van der Waals surface area contributed by atoms with Crippen LogP contribution in [0.5, 0.6) is 5.75 Å². The topological polar surface area (TPSA) is 72.6 Å². The van der Waals surface area contributed by atoms with Crippen molar-refractivity contribution < 1.29 is 22.1 Å². The SMILES string of the molecule is Cc1noc(C)c1S(=O)(=O)N(C)CCOc1ccc(F)cc1. The van der Waals surface area contributed by atoms with Crippen molar-refractivity contribution in [3.05, 3.63) is 41.5 Å². The van der Waals surface area contributed by atoms with Crippen LogP contribution in [0.25, 0.3) is 0 Å². The summed E-state index contributed by atoms with van der Waals surface area (Å²) in [6.07, 6.45) is 0. The number of ether oxygens (including phenoxy) is 1. The summed E-state index contributed by atoms with van der Waals surface area (Å²) < 4.78 is 49.1. The third-order valence-corrected chi connectivity index (χ3v) is 5.23. The minimum absolute atomic E-state index is 0.0804. The molecule has 1 aromatic carbocycles. The molecule has 0 radical (unpaired) electrons. The number of aromatic nitrogens is 1. The molecule has 2 aromatic rings. The van der Waals surface area contributed by atoms with Gasteiger partial charge >= 0.3 is 0 Å². The molecule has 0 N–H and O–H groups in total. The molecular weight excluding hydrogens is 311 g/mol. The van der Waals surface area contributed by atoms with E-state index in [1.807, 2.05) is 0 Å². The lowest BCUT2D eigenvalue weighted by atomic mass is 10.3. The van der Waals surface area contributed by atoms with Gasteiger partial charge in [0.1, 0.15) is 28.8 Å². The minimum atomic E-state index is -3.68. The summed E-state index contributed by atoms with van der Waals surface area (Å²) in [6.45, 7) is 3.41. The molecular formula is C14H17FN2O4S. The van der Waals surface area contributed by atoms with Gasteiger partial charge in [-0.3, -0.25) is 0 Å². The van der Waals surface area contributed by atoms with Crippen molar-refractivity contribution in [1.82, 2.24) is 9.46 Å². The fourth-order valence-corrected chi connectivity index (χ4v) is 3.38. The quantitative estimate of drug-likeness (QED) is 0.812. The molecule has 1 aromatic heterocycles. The first-order valence-corrected chi connectivity index (χ1v) is 8.04. The third-order valence-electron chi connectivity index (χ3n) is 3.12. The van der Waals surface area contributed by atoms with E-state index in [4.69, 9.17) is 9.26 Å². The fraction of sp³-hybridized carbons (Fsp3) is 0.357. The zero-order chi connectivity index (χ0) is 16.3. The standard InChI is InChI=1S/C14H17FN2O4S/c1-10-14(11(2)21-16-10)22(18,19)17(3)8-9-20-13-6-4-12(15)5-7-13/h4-7H,8-9H2,1-3H3. The van der Waals surface area contributed by atoms with Crippen molar-refractivity contribution >= 4 is 10.0 Å². The third kappa shape index (κ3) is 3.45. The van der Waals surface area contributed by atoms with Crippen molar-refractivity contribution in [1.29, 1.82) is 0 Å². The number of aryl methyl sites for hydroxylation is 2. The van der Waals surface area contributed by atoms with Crippen LogP contribution in [0.1, 0.15) is 11.5 Å². The van der Waals surface area contributed by atoms with E-state index in [9.17, 15) is 12.8 Å². The molecule has 2 rings (SSSR count). The molecule has 0 atom stereocenters. The maximum absolute atomic E-state index is 12.8. The Balaban J connectivity index is 2.00. The number of rotatable bonds is 6. The van der Waals surface area contributed by atoms with Gasteiger partial charge in [0, 0.05) is 13.6 Å². The lowest BCUT2D eigenvalue weighted by Gasteiger charge is -2.17. The van der Waals surface area contributed by atoms with Gasteiger partial charge in [-0.25, -0.2) is 12.8 Å². The zero-order valence-electron chi connectivity index (χ0n) is 12.5. The highest BCUT2D eigenvalue weighted by atomic mass is 32.2. The first kappa shape index (κ1) is 16.4. The van der Waals surface area contributed by atoms with Crippen LogP contribution in [-0.2, 0) is 10.0 Å².